The van der Waals surface area contributed by atoms with Gasteiger partial charge in [-0.15, -0.1) is 0 Å². The Bertz CT molecular complexity index is 244. The third kappa shape index (κ3) is 3.81. The minimum Gasteiger partial charge on any atom is -0.374 e. The third-order valence-electron chi connectivity index (χ3n) is 4.17. The van der Waals surface area contributed by atoms with Crippen molar-refractivity contribution in [3.63, 3.8) is 0 Å². The fourth-order valence-corrected chi connectivity index (χ4v) is 5.27. The minimum atomic E-state index is 0.234. The first-order chi connectivity index (χ1) is 8.79. The van der Waals surface area contributed by atoms with E-state index in [0.29, 0.717) is 6.04 Å². The maximum atomic E-state index is 6.13. The van der Waals surface area contributed by atoms with E-state index in [1.54, 1.807) is 0 Å². The second-order valence-corrected chi connectivity index (χ2v) is 7.62. The summed E-state index contributed by atoms with van der Waals surface area (Å²) in [4.78, 5) is 0. The molecule has 106 valence electrons. The van der Waals surface area contributed by atoms with Crippen LogP contribution < -0.4 is 5.32 Å². The highest BCUT2D eigenvalue weighted by Gasteiger charge is 2.42. The monoisotopic (exact) mass is 289 g/mol. The zero-order valence-electron chi connectivity index (χ0n) is 11.7. The van der Waals surface area contributed by atoms with Crippen molar-refractivity contribution in [3.8, 4) is 0 Å². The number of hydrogen-bond acceptors (Lipinski definition) is 4. The summed E-state index contributed by atoms with van der Waals surface area (Å²) in [5.74, 6) is 4.58. The lowest BCUT2D eigenvalue weighted by molar-refractivity contribution is -0.0838. The van der Waals surface area contributed by atoms with Crippen LogP contribution in [0, 0.1) is 5.92 Å². The highest BCUT2D eigenvalue weighted by atomic mass is 32.2. The summed E-state index contributed by atoms with van der Waals surface area (Å²) in [7, 11) is 0. The molecule has 1 N–H and O–H groups in total. The fourth-order valence-electron chi connectivity index (χ4n) is 3.14. The molecule has 2 rings (SSSR count). The quantitative estimate of drug-likeness (QED) is 0.811. The Morgan fingerprint density at radius 1 is 1.56 bits per heavy atom. The van der Waals surface area contributed by atoms with E-state index in [2.05, 4.69) is 30.3 Å². The van der Waals surface area contributed by atoms with Crippen LogP contribution >= 0.6 is 23.5 Å². The first-order valence-electron chi connectivity index (χ1n) is 7.24. The van der Waals surface area contributed by atoms with Crippen LogP contribution in [0.2, 0.25) is 0 Å². The lowest BCUT2D eigenvalue weighted by atomic mass is 9.81. The highest BCUT2D eigenvalue weighted by molar-refractivity contribution is 7.99. The van der Waals surface area contributed by atoms with Gasteiger partial charge in [-0.25, -0.2) is 0 Å². The Morgan fingerprint density at radius 2 is 2.44 bits per heavy atom. The van der Waals surface area contributed by atoms with E-state index < -0.39 is 0 Å². The summed E-state index contributed by atoms with van der Waals surface area (Å²) < 4.78 is 6.13. The van der Waals surface area contributed by atoms with Gasteiger partial charge < -0.3 is 10.1 Å². The molecular formula is C14H27NOS2. The molecule has 0 aromatic heterocycles. The van der Waals surface area contributed by atoms with Gasteiger partial charge in [-0.1, -0.05) is 6.92 Å². The molecule has 0 aliphatic carbocycles. The van der Waals surface area contributed by atoms with Crippen LogP contribution in [0.1, 0.15) is 32.6 Å². The average Bonchev–Trinajstić information content (AvgIpc) is 2.82. The molecule has 3 atom stereocenters. The second-order valence-electron chi connectivity index (χ2n) is 5.60. The molecule has 4 heteroatoms. The van der Waals surface area contributed by atoms with Gasteiger partial charge in [0.1, 0.15) is 0 Å². The van der Waals surface area contributed by atoms with Gasteiger partial charge >= 0.3 is 0 Å². The van der Waals surface area contributed by atoms with Crippen LogP contribution in [-0.2, 0) is 4.74 Å². The third-order valence-corrected chi connectivity index (χ3v) is 6.09. The normalized spacial score (nSPS) is 34.0. The lowest BCUT2D eigenvalue weighted by Gasteiger charge is -2.41. The number of rotatable bonds is 6. The summed E-state index contributed by atoms with van der Waals surface area (Å²) in [5, 5.41) is 3.76. The van der Waals surface area contributed by atoms with Crippen molar-refractivity contribution in [1.82, 2.24) is 5.32 Å². The minimum absolute atomic E-state index is 0.234. The summed E-state index contributed by atoms with van der Waals surface area (Å²) in [6, 6.07) is 0.686. The zero-order valence-corrected chi connectivity index (χ0v) is 13.4. The molecule has 0 amide bonds. The standard InChI is InChI=1S/C14H27NOS2/c1-3-6-15-13(10-17-2)12-4-7-16-14(9-12)5-8-18-11-14/h12-13,15H,3-11H2,1-2H3. The Kier molecular flexibility index (Phi) is 6.19. The summed E-state index contributed by atoms with van der Waals surface area (Å²) >= 11 is 4.05. The van der Waals surface area contributed by atoms with Gasteiger partial charge in [-0.2, -0.15) is 23.5 Å². The molecule has 0 aromatic carbocycles. The second kappa shape index (κ2) is 7.41. The van der Waals surface area contributed by atoms with Crippen LogP contribution in [0.3, 0.4) is 0 Å². The van der Waals surface area contributed by atoms with E-state index >= 15 is 0 Å². The van der Waals surface area contributed by atoms with Gasteiger partial charge in [0.25, 0.3) is 0 Å². The maximum absolute atomic E-state index is 6.13. The molecule has 2 aliphatic heterocycles. The Morgan fingerprint density at radius 3 is 3.11 bits per heavy atom. The SMILES string of the molecule is CCCNC(CSC)C1CCOC2(CCSC2)C1. The van der Waals surface area contributed by atoms with Crippen molar-refractivity contribution in [2.45, 2.75) is 44.2 Å². The number of ether oxygens (including phenoxy) is 1. The van der Waals surface area contributed by atoms with Gasteiger partial charge in [0.15, 0.2) is 0 Å². The van der Waals surface area contributed by atoms with Crippen LogP contribution in [-0.4, -0.2) is 48.3 Å². The molecule has 2 nitrogen and oxygen atoms in total. The molecule has 0 aromatic rings. The lowest BCUT2D eigenvalue weighted by Crippen LogP contribution is -2.48. The van der Waals surface area contributed by atoms with Crippen LogP contribution in [0.5, 0.6) is 0 Å². The molecule has 3 unspecified atom stereocenters. The van der Waals surface area contributed by atoms with E-state index in [1.165, 1.54) is 42.9 Å². The number of thioether (sulfide) groups is 2. The molecule has 2 saturated heterocycles. The van der Waals surface area contributed by atoms with Crippen molar-refractivity contribution in [2.75, 3.05) is 36.7 Å². The van der Waals surface area contributed by atoms with Crippen LogP contribution in [0.4, 0.5) is 0 Å². The van der Waals surface area contributed by atoms with E-state index in [-0.39, 0.29) is 5.60 Å². The molecule has 2 aliphatic rings. The number of hydrogen-bond donors (Lipinski definition) is 1. The van der Waals surface area contributed by atoms with Crippen LogP contribution in [0.25, 0.3) is 0 Å². The summed E-state index contributed by atoms with van der Waals surface area (Å²) in [6.07, 6.45) is 7.25. The Hall–Kier alpha value is 0.620. The van der Waals surface area contributed by atoms with Gasteiger partial charge in [0.2, 0.25) is 0 Å². The maximum Gasteiger partial charge on any atom is 0.0783 e. The zero-order chi connectivity index (χ0) is 12.8. The molecule has 18 heavy (non-hydrogen) atoms. The molecule has 0 bridgehead atoms. The molecule has 2 heterocycles. The van der Waals surface area contributed by atoms with Crippen molar-refractivity contribution < 1.29 is 4.74 Å². The van der Waals surface area contributed by atoms with Gasteiger partial charge in [-0.3, -0.25) is 0 Å². The highest BCUT2D eigenvalue weighted by Crippen LogP contribution is 2.41. The molecule has 0 radical (unpaired) electrons. The first-order valence-corrected chi connectivity index (χ1v) is 9.78. The largest absolute Gasteiger partial charge is 0.374 e. The molecule has 2 fully saturated rings. The summed E-state index contributed by atoms with van der Waals surface area (Å²) in [6.45, 7) is 4.39. The Labute approximate surface area is 120 Å². The van der Waals surface area contributed by atoms with Crippen LogP contribution in [0.15, 0.2) is 0 Å². The van der Waals surface area contributed by atoms with Crippen molar-refractivity contribution in [3.05, 3.63) is 0 Å². The van der Waals surface area contributed by atoms with Crippen molar-refractivity contribution in [2.24, 2.45) is 5.92 Å². The first kappa shape index (κ1) is 15.0. The van der Waals surface area contributed by atoms with Crippen molar-refractivity contribution in [1.29, 1.82) is 0 Å². The van der Waals surface area contributed by atoms with Gasteiger partial charge in [0, 0.05) is 24.2 Å². The smallest absolute Gasteiger partial charge is 0.0783 e. The number of nitrogens with one attached hydrogen (secondary N) is 1. The predicted molar refractivity (Wildman–Crippen MR) is 83.8 cm³/mol. The summed E-state index contributed by atoms with van der Waals surface area (Å²) in [5.41, 5.74) is 0.234. The van der Waals surface area contributed by atoms with E-state index in [0.717, 1.165) is 19.1 Å². The Balaban J connectivity index is 1.91. The van der Waals surface area contributed by atoms with Gasteiger partial charge in [-0.05, 0) is 50.2 Å². The average molecular weight is 290 g/mol. The van der Waals surface area contributed by atoms with E-state index in [1.807, 2.05) is 11.8 Å². The predicted octanol–water partition coefficient (Wildman–Crippen LogP) is 3.02. The topological polar surface area (TPSA) is 21.3 Å². The molecule has 1 spiro atoms. The van der Waals surface area contributed by atoms with E-state index in [4.69, 9.17) is 4.74 Å². The van der Waals surface area contributed by atoms with Crippen molar-refractivity contribution >= 4 is 23.5 Å². The fraction of sp³-hybridized carbons (Fsp3) is 1.00. The molecule has 0 saturated carbocycles. The van der Waals surface area contributed by atoms with E-state index in [9.17, 15) is 0 Å². The van der Waals surface area contributed by atoms with Gasteiger partial charge in [0.05, 0.1) is 5.60 Å². The molecular weight excluding hydrogens is 262 g/mol.